The quantitative estimate of drug-likeness (QED) is 0.912. The van der Waals surface area contributed by atoms with Gasteiger partial charge in [-0.15, -0.1) is 0 Å². The van der Waals surface area contributed by atoms with E-state index in [-0.39, 0.29) is 5.54 Å². The molecule has 0 bridgehead atoms. The molecule has 1 aromatic carbocycles. The van der Waals surface area contributed by atoms with Gasteiger partial charge in [0.15, 0.2) is 12.2 Å². The van der Waals surface area contributed by atoms with E-state index in [4.69, 9.17) is 4.42 Å². The molecule has 2 rings (SSSR count). The molecule has 0 saturated heterocycles. The highest BCUT2D eigenvalue weighted by Gasteiger charge is 2.17. The molecule has 0 atom stereocenters. The van der Waals surface area contributed by atoms with Crippen molar-refractivity contribution < 1.29 is 4.42 Å². The average Bonchev–Trinajstić information content (AvgIpc) is 2.72. The maximum absolute atomic E-state index is 5.67. The number of hydrogen-bond donors (Lipinski definition) is 1. The van der Waals surface area contributed by atoms with Crippen molar-refractivity contribution in [3.63, 3.8) is 0 Å². The molecule has 1 aromatic heterocycles. The second-order valence-corrected chi connectivity index (χ2v) is 6.51. The number of hydrogen-bond acceptors (Lipinski definition) is 3. The SMILES string of the molecule is Cc1cc(C)c(-c2ocnc2CNC(C)(C)C)c(C)c1. The van der Waals surface area contributed by atoms with Gasteiger partial charge < -0.3 is 9.73 Å². The number of aromatic nitrogens is 1. The van der Waals surface area contributed by atoms with Crippen LogP contribution < -0.4 is 5.32 Å². The van der Waals surface area contributed by atoms with Crippen molar-refractivity contribution in [1.29, 1.82) is 0 Å². The molecule has 108 valence electrons. The first-order chi connectivity index (χ1) is 9.28. The molecular weight excluding hydrogens is 248 g/mol. The highest BCUT2D eigenvalue weighted by atomic mass is 16.3. The van der Waals surface area contributed by atoms with E-state index in [1.807, 2.05) is 0 Å². The van der Waals surface area contributed by atoms with Gasteiger partial charge in [-0.1, -0.05) is 17.7 Å². The molecular formula is C17H24N2O. The fourth-order valence-corrected chi connectivity index (χ4v) is 2.49. The van der Waals surface area contributed by atoms with Crippen molar-refractivity contribution >= 4 is 0 Å². The molecule has 20 heavy (non-hydrogen) atoms. The Morgan fingerprint density at radius 1 is 1.10 bits per heavy atom. The molecule has 0 radical (unpaired) electrons. The van der Waals surface area contributed by atoms with Crippen LogP contribution in [0.5, 0.6) is 0 Å². The summed E-state index contributed by atoms with van der Waals surface area (Å²) in [5.41, 5.74) is 5.94. The van der Waals surface area contributed by atoms with Crippen molar-refractivity contribution in [1.82, 2.24) is 10.3 Å². The predicted octanol–water partition coefficient (Wildman–Crippen LogP) is 4.15. The third kappa shape index (κ3) is 3.28. The van der Waals surface area contributed by atoms with Crippen LogP contribution in [-0.2, 0) is 6.54 Å². The summed E-state index contributed by atoms with van der Waals surface area (Å²) in [4.78, 5) is 4.37. The first-order valence-electron chi connectivity index (χ1n) is 7.03. The van der Waals surface area contributed by atoms with Crippen LogP contribution in [0.3, 0.4) is 0 Å². The van der Waals surface area contributed by atoms with Crippen molar-refractivity contribution in [2.45, 2.75) is 53.6 Å². The van der Waals surface area contributed by atoms with Crippen molar-refractivity contribution in [2.75, 3.05) is 0 Å². The van der Waals surface area contributed by atoms with Crippen LogP contribution in [-0.4, -0.2) is 10.5 Å². The summed E-state index contributed by atoms with van der Waals surface area (Å²) < 4.78 is 5.67. The number of oxazole rings is 1. The molecule has 1 heterocycles. The molecule has 0 spiro atoms. The minimum absolute atomic E-state index is 0.0631. The third-order valence-electron chi connectivity index (χ3n) is 3.33. The number of nitrogens with zero attached hydrogens (tertiary/aromatic N) is 1. The molecule has 0 fully saturated rings. The Labute approximate surface area is 121 Å². The standard InChI is InChI=1S/C17H24N2O/c1-11-7-12(2)15(13(3)8-11)16-14(18-10-20-16)9-19-17(4,5)6/h7-8,10,19H,9H2,1-6H3. The second-order valence-electron chi connectivity index (χ2n) is 6.51. The first-order valence-corrected chi connectivity index (χ1v) is 7.03. The summed E-state index contributed by atoms with van der Waals surface area (Å²) in [6.07, 6.45) is 1.54. The van der Waals surface area contributed by atoms with Crippen molar-refractivity contribution in [3.05, 3.63) is 40.9 Å². The van der Waals surface area contributed by atoms with Gasteiger partial charge in [-0.3, -0.25) is 0 Å². The summed E-state index contributed by atoms with van der Waals surface area (Å²) in [6.45, 7) is 13.5. The molecule has 3 nitrogen and oxygen atoms in total. The third-order valence-corrected chi connectivity index (χ3v) is 3.33. The minimum Gasteiger partial charge on any atom is -0.443 e. The average molecular weight is 272 g/mol. The van der Waals surface area contributed by atoms with Gasteiger partial charge >= 0.3 is 0 Å². The fraction of sp³-hybridized carbons (Fsp3) is 0.471. The Kier molecular flexibility index (Phi) is 4.00. The summed E-state index contributed by atoms with van der Waals surface area (Å²) in [5, 5.41) is 3.46. The highest BCUT2D eigenvalue weighted by molar-refractivity contribution is 5.68. The number of aryl methyl sites for hydroxylation is 3. The van der Waals surface area contributed by atoms with Crippen LogP contribution in [0.15, 0.2) is 22.9 Å². The maximum Gasteiger partial charge on any atom is 0.181 e. The lowest BCUT2D eigenvalue weighted by molar-refractivity contribution is 0.421. The van der Waals surface area contributed by atoms with Crippen molar-refractivity contribution in [2.24, 2.45) is 0 Å². The van der Waals surface area contributed by atoms with E-state index in [2.05, 4.69) is 64.0 Å². The fourth-order valence-electron chi connectivity index (χ4n) is 2.49. The van der Waals surface area contributed by atoms with Gasteiger partial charge in [0.1, 0.15) is 5.69 Å². The zero-order valence-electron chi connectivity index (χ0n) is 13.3. The van der Waals surface area contributed by atoms with E-state index in [9.17, 15) is 0 Å². The Balaban J connectivity index is 2.38. The van der Waals surface area contributed by atoms with E-state index >= 15 is 0 Å². The van der Waals surface area contributed by atoms with Gasteiger partial charge in [0.2, 0.25) is 0 Å². The lowest BCUT2D eigenvalue weighted by atomic mass is 9.97. The normalized spacial score (nSPS) is 11.9. The topological polar surface area (TPSA) is 38.1 Å². The van der Waals surface area contributed by atoms with Crippen LogP contribution in [0.4, 0.5) is 0 Å². The highest BCUT2D eigenvalue weighted by Crippen LogP contribution is 2.30. The van der Waals surface area contributed by atoms with Crippen LogP contribution in [0.1, 0.15) is 43.2 Å². The van der Waals surface area contributed by atoms with E-state index in [1.54, 1.807) is 0 Å². The maximum atomic E-state index is 5.67. The molecule has 0 saturated carbocycles. The van der Waals surface area contributed by atoms with E-state index in [1.165, 1.54) is 28.6 Å². The molecule has 0 amide bonds. The van der Waals surface area contributed by atoms with Gasteiger partial charge in [-0.25, -0.2) is 4.98 Å². The summed E-state index contributed by atoms with van der Waals surface area (Å²) in [7, 11) is 0. The molecule has 0 aliphatic carbocycles. The smallest absolute Gasteiger partial charge is 0.181 e. The van der Waals surface area contributed by atoms with Crippen LogP contribution in [0.2, 0.25) is 0 Å². The summed E-state index contributed by atoms with van der Waals surface area (Å²) >= 11 is 0. The summed E-state index contributed by atoms with van der Waals surface area (Å²) in [6, 6.07) is 4.37. The van der Waals surface area contributed by atoms with E-state index in [0.717, 1.165) is 11.5 Å². The molecule has 0 unspecified atom stereocenters. The van der Waals surface area contributed by atoms with Crippen molar-refractivity contribution in [3.8, 4) is 11.3 Å². The monoisotopic (exact) mass is 272 g/mol. The minimum atomic E-state index is 0.0631. The predicted molar refractivity (Wildman–Crippen MR) is 82.7 cm³/mol. The largest absolute Gasteiger partial charge is 0.443 e. The van der Waals surface area contributed by atoms with Crippen LogP contribution in [0.25, 0.3) is 11.3 Å². The van der Waals surface area contributed by atoms with Gasteiger partial charge in [0.05, 0.1) is 0 Å². The molecule has 3 heteroatoms. The zero-order chi connectivity index (χ0) is 14.9. The number of rotatable bonds is 3. The number of benzene rings is 1. The molecule has 1 N–H and O–H groups in total. The van der Waals surface area contributed by atoms with Crippen LogP contribution in [0, 0.1) is 20.8 Å². The Morgan fingerprint density at radius 2 is 1.70 bits per heavy atom. The molecule has 0 aliphatic rings. The lowest BCUT2D eigenvalue weighted by Gasteiger charge is -2.20. The molecule has 0 aliphatic heterocycles. The van der Waals surface area contributed by atoms with Gasteiger partial charge in [0, 0.05) is 17.6 Å². The number of nitrogens with one attached hydrogen (secondary N) is 1. The van der Waals surface area contributed by atoms with Gasteiger partial charge in [-0.05, 0) is 52.7 Å². The van der Waals surface area contributed by atoms with E-state index < -0.39 is 0 Å². The second kappa shape index (κ2) is 5.41. The van der Waals surface area contributed by atoms with Crippen LogP contribution >= 0.6 is 0 Å². The zero-order valence-corrected chi connectivity index (χ0v) is 13.3. The first kappa shape index (κ1) is 14.8. The summed E-state index contributed by atoms with van der Waals surface area (Å²) in [5.74, 6) is 0.886. The lowest BCUT2D eigenvalue weighted by Crippen LogP contribution is -2.35. The Morgan fingerprint density at radius 3 is 2.25 bits per heavy atom. The van der Waals surface area contributed by atoms with E-state index in [0.29, 0.717) is 6.54 Å². The Hall–Kier alpha value is -1.61. The van der Waals surface area contributed by atoms with Gasteiger partial charge in [0.25, 0.3) is 0 Å². The molecule has 2 aromatic rings. The Bertz CT molecular complexity index is 583. The van der Waals surface area contributed by atoms with Gasteiger partial charge in [-0.2, -0.15) is 0 Å².